The molecule has 2 aromatic carbocycles. The fourth-order valence-electron chi connectivity index (χ4n) is 2.13. The number of rotatable bonds is 4. The normalized spacial score (nSPS) is 11.2. The maximum Gasteiger partial charge on any atom is 0.418 e. The number of alkyl halides is 3. The molecule has 1 aromatic heterocycles. The van der Waals surface area contributed by atoms with Crippen LogP contribution in [0.25, 0.3) is 0 Å². The SMILES string of the molecule is Fc1ccc(Nc2nccc(Nc3ccccc3C(F)(F)F)n2)cc1. The van der Waals surface area contributed by atoms with Crippen LogP contribution >= 0.6 is 0 Å². The fraction of sp³-hybridized carbons (Fsp3) is 0.0588. The molecule has 0 radical (unpaired) electrons. The van der Waals surface area contributed by atoms with Crippen LogP contribution in [-0.4, -0.2) is 9.97 Å². The summed E-state index contributed by atoms with van der Waals surface area (Å²) in [6.07, 6.45) is -3.08. The third-order valence-corrected chi connectivity index (χ3v) is 3.25. The highest BCUT2D eigenvalue weighted by Crippen LogP contribution is 2.35. The third kappa shape index (κ3) is 4.23. The van der Waals surface area contributed by atoms with Crippen LogP contribution in [0.3, 0.4) is 0 Å². The van der Waals surface area contributed by atoms with Gasteiger partial charge in [-0.15, -0.1) is 0 Å². The van der Waals surface area contributed by atoms with E-state index in [0.29, 0.717) is 5.69 Å². The molecule has 0 saturated heterocycles. The largest absolute Gasteiger partial charge is 0.418 e. The molecule has 8 heteroatoms. The highest BCUT2D eigenvalue weighted by atomic mass is 19.4. The summed E-state index contributed by atoms with van der Waals surface area (Å²) in [5.74, 6) is -0.0250. The Bertz CT molecular complexity index is 863. The molecule has 0 aliphatic carbocycles. The Hall–Kier alpha value is -3.16. The summed E-state index contributed by atoms with van der Waals surface area (Å²) in [7, 11) is 0. The number of aromatic nitrogens is 2. The lowest BCUT2D eigenvalue weighted by atomic mass is 10.1. The summed E-state index contributed by atoms with van der Waals surface area (Å²) in [6.45, 7) is 0. The number of para-hydroxylation sites is 1. The van der Waals surface area contributed by atoms with E-state index in [1.54, 1.807) is 0 Å². The second-order valence-electron chi connectivity index (χ2n) is 5.07. The smallest absolute Gasteiger partial charge is 0.340 e. The van der Waals surface area contributed by atoms with Crippen molar-refractivity contribution in [3.8, 4) is 0 Å². The molecule has 3 rings (SSSR count). The number of anilines is 4. The standard InChI is InChI=1S/C17H12F4N4/c18-11-5-7-12(8-6-11)23-16-22-10-9-15(25-16)24-14-4-2-1-3-13(14)17(19,20)21/h1-10H,(H2,22,23,24,25). The second-order valence-corrected chi connectivity index (χ2v) is 5.07. The summed E-state index contributed by atoms with van der Waals surface area (Å²) in [5.41, 5.74) is -0.350. The minimum absolute atomic E-state index is 0.110. The molecule has 0 spiro atoms. The Morgan fingerprint density at radius 2 is 1.56 bits per heavy atom. The third-order valence-electron chi connectivity index (χ3n) is 3.25. The van der Waals surface area contributed by atoms with Gasteiger partial charge in [0.05, 0.1) is 11.3 Å². The Balaban J connectivity index is 1.82. The fourth-order valence-corrected chi connectivity index (χ4v) is 2.13. The van der Waals surface area contributed by atoms with Crippen molar-refractivity contribution in [3.05, 3.63) is 72.2 Å². The Kier molecular flexibility index (Phi) is 4.51. The quantitative estimate of drug-likeness (QED) is 0.643. The highest BCUT2D eigenvalue weighted by molar-refractivity contribution is 5.63. The van der Waals surface area contributed by atoms with Gasteiger partial charge in [0.25, 0.3) is 0 Å². The van der Waals surface area contributed by atoms with Crippen molar-refractivity contribution in [2.45, 2.75) is 6.18 Å². The van der Waals surface area contributed by atoms with Gasteiger partial charge >= 0.3 is 6.18 Å². The van der Waals surface area contributed by atoms with Gasteiger partial charge in [0, 0.05) is 11.9 Å². The maximum atomic E-state index is 13.0. The van der Waals surface area contributed by atoms with Gasteiger partial charge in [0.1, 0.15) is 11.6 Å². The summed E-state index contributed by atoms with van der Waals surface area (Å²) in [5, 5.41) is 5.49. The van der Waals surface area contributed by atoms with E-state index in [1.165, 1.54) is 54.7 Å². The molecule has 0 fully saturated rings. The van der Waals surface area contributed by atoms with Gasteiger partial charge in [0.15, 0.2) is 0 Å². The molecule has 2 N–H and O–H groups in total. The predicted octanol–water partition coefficient (Wildman–Crippen LogP) is 5.12. The molecule has 0 aliphatic heterocycles. The monoisotopic (exact) mass is 348 g/mol. The Morgan fingerprint density at radius 1 is 0.840 bits per heavy atom. The van der Waals surface area contributed by atoms with Gasteiger partial charge in [-0.3, -0.25) is 0 Å². The molecule has 25 heavy (non-hydrogen) atoms. The predicted molar refractivity (Wildman–Crippen MR) is 86.4 cm³/mol. The van der Waals surface area contributed by atoms with Crippen LogP contribution in [0.15, 0.2) is 60.8 Å². The zero-order valence-electron chi connectivity index (χ0n) is 12.7. The molecule has 0 aliphatic rings. The minimum atomic E-state index is -4.48. The molecule has 3 aromatic rings. The molecular weight excluding hydrogens is 336 g/mol. The summed E-state index contributed by atoms with van der Waals surface area (Å²) >= 11 is 0. The maximum absolute atomic E-state index is 13.0. The molecule has 0 amide bonds. The van der Waals surface area contributed by atoms with E-state index in [4.69, 9.17) is 0 Å². The topological polar surface area (TPSA) is 49.8 Å². The van der Waals surface area contributed by atoms with Gasteiger partial charge in [-0.25, -0.2) is 9.37 Å². The first-order valence-corrected chi connectivity index (χ1v) is 7.21. The number of hydrogen-bond acceptors (Lipinski definition) is 4. The van der Waals surface area contributed by atoms with Crippen molar-refractivity contribution in [3.63, 3.8) is 0 Å². The average molecular weight is 348 g/mol. The van der Waals surface area contributed by atoms with Crippen LogP contribution in [0, 0.1) is 5.82 Å². The van der Waals surface area contributed by atoms with Crippen molar-refractivity contribution < 1.29 is 17.6 Å². The van der Waals surface area contributed by atoms with Crippen LogP contribution < -0.4 is 10.6 Å². The molecule has 1 heterocycles. The van der Waals surface area contributed by atoms with Crippen molar-refractivity contribution in [1.82, 2.24) is 9.97 Å². The van der Waals surface area contributed by atoms with E-state index in [2.05, 4.69) is 20.6 Å². The van der Waals surface area contributed by atoms with Crippen molar-refractivity contribution in [2.24, 2.45) is 0 Å². The molecule has 0 bridgehead atoms. The van der Waals surface area contributed by atoms with E-state index in [0.717, 1.165) is 6.07 Å². The highest BCUT2D eigenvalue weighted by Gasteiger charge is 2.33. The summed E-state index contributed by atoms with van der Waals surface area (Å²) in [6, 6.07) is 12.1. The lowest BCUT2D eigenvalue weighted by molar-refractivity contribution is -0.136. The van der Waals surface area contributed by atoms with E-state index in [1.807, 2.05) is 0 Å². The summed E-state index contributed by atoms with van der Waals surface area (Å²) < 4.78 is 52.0. The van der Waals surface area contributed by atoms with Crippen LogP contribution in [0.5, 0.6) is 0 Å². The van der Waals surface area contributed by atoms with E-state index in [-0.39, 0.29) is 23.3 Å². The zero-order valence-corrected chi connectivity index (χ0v) is 12.7. The number of hydrogen-bond donors (Lipinski definition) is 2. The van der Waals surface area contributed by atoms with Gasteiger partial charge in [0.2, 0.25) is 5.95 Å². The van der Waals surface area contributed by atoms with Crippen LogP contribution in [0.2, 0.25) is 0 Å². The number of halogens is 4. The van der Waals surface area contributed by atoms with Gasteiger partial charge in [-0.1, -0.05) is 12.1 Å². The van der Waals surface area contributed by atoms with E-state index >= 15 is 0 Å². The molecule has 0 unspecified atom stereocenters. The number of nitrogens with zero attached hydrogens (tertiary/aromatic N) is 2. The van der Waals surface area contributed by atoms with Crippen molar-refractivity contribution in [2.75, 3.05) is 10.6 Å². The minimum Gasteiger partial charge on any atom is -0.340 e. The van der Waals surface area contributed by atoms with E-state index < -0.39 is 11.7 Å². The van der Waals surface area contributed by atoms with E-state index in [9.17, 15) is 17.6 Å². The molecular formula is C17H12F4N4. The van der Waals surface area contributed by atoms with Crippen molar-refractivity contribution in [1.29, 1.82) is 0 Å². The second kappa shape index (κ2) is 6.76. The molecule has 128 valence electrons. The van der Waals surface area contributed by atoms with Gasteiger partial charge in [-0.2, -0.15) is 18.2 Å². The van der Waals surface area contributed by atoms with Crippen LogP contribution in [0.4, 0.5) is 40.7 Å². The summed E-state index contributed by atoms with van der Waals surface area (Å²) in [4.78, 5) is 8.11. The van der Waals surface area contributed by atoms with Crippen LogP contribution in [-0.2, 0) is 6.18 Å². The zero-order chi connectivity index (χ0) is 17.9. The van der Waals surface area contributed by atoms with Crippen molar-refractivity contribution >= 4 is 23.1 Å². The molecule has 0 saturated carbocycles. The van der Waals surface area contributed by atoms with Gasteiger partial charge < -0.3 is 10.6 Å². The van der Waals surface area contributed by atoms with Gasteiger partial charge in [-0.05, 0) is 42.5 Å². The molecule has 4 nitrogen and oxygen atoms in total. The first-order valence-electron chi connectivity index (χ1n) is 7.21. The number of benzene rings is 2. The average Bonchev–Trinajstić information content (AvgIpc) is 2.57. The first-order chi connectivity index (χ1) is 11.9. The lowest BCUT2D eigenvalue weighted by Crippen LogP contribution is -2.09. The molecule has 0 atom stereocenters. The number of nitrogens with one attached hydrogen (secondary N) is 2. The first kappa shape index (κ1) is 16.7. The Labute approximate surface area is 140 Å². The Morgan fingerprint density at radius 3 is 2.28 bits per heavy atom. The van der Waals surface area contributed by atoms with Crippen LogP contribution in [0.1, 0.15) is 5.56 Å². The lowest BCUT2D eigenvalue weighted by Gasteiger charge is -2.14.